The molecule has 1 aromatic carbocycles. The number of carbonyl (C=O) groups is 1. The lowest BCUT2D eigenvalue weighted by molar-refractivity contribution is 0.0751. The molecule has 150 valence electrons. The number of carbonyl (C=O) groups excluding carboxylic acids is 1. The Kier molecular flexibility index (Phi) is 5.02. The minimum absolute atomic E-state index is 0.0165. The second-order valence-corrected chi connectivity index (χ2v) is 8.18. The molecule has 0 saturated carbocycles. The van der Waals surface area contributed by atoms with E-state index in [2.05, 4.69) is 39.3 Å². The van der Waals surface area contributed by atoms with Crippen LogP contribution in [0.2, 0.25) is 0 Å². The van der Waals surface area contributed by atoms with Crippen molar-refractivity contribution in [2.24, 2.45) is 0 Å². The van der Waals surface area contributed by atoms with E-state index in [0.29, 0.717) is 11.7 Å². The highest BCUT2D eigenvalue weighted by atomic mass is 16.5. The third-order valence-corrected chi connectivity index (χ3v) is 6.19. The highest BCUT2D eigenvalue weighted by Crippen LogP contribution is 2.29. The van der Waals surface area contributed by atoms with Gasteiger partial charge in [0.2, 0.25) is 5.76 Å². The van der Waals surface area contributed by atoms with Gasteiger partial charge in [-0.2, -0.15) is 0 Å². The van der Waals surface area contributed by atoms with Crippen molar-refractivity contribution in [3.63, 3.8) is 0 Å². The number of likely N-dealkylation sites (tertiary alicyclic amines) is 2. The Morgan fingerprint density at radius 2 is 1.97 bits per heavy atom. The molecule has 2 saturated heterocycles. The first-order valence-corrected chi connectivity index (χ1v) is 10.6. The van der Waals surface area contributed by atoms with Crippen LogP contribution in [0, 0.1) is 0 Å². The maximum absolute atomic E-state index is 12.5. The summed E-state index contributed by atoms with van der Waals surface area (Å²) < 4.78 is 5.44. The molecular weight excluding hydrogens is 364 g/mol. The SMILES string of the molecule is O=C(c1cc([C@H]2CCCN(Cc3ccnc4ccccc34)C2)no1)N1CCCC1. The predicted molar refractivity (Wildman–Crippen MR) is 111 cm³/mol. The fourth-order valence-electron chi connectivity index (χ4n) is 4.63. The van der Waals surface area contributed by atoms with Crippen LogP contribution < -0.4 is 0 Å². The smallest absolute Gasteiger partial charge is 0.292 e. The Morgan fingerprint density at radius 3 is 2.86 bits per heavy atom. The molecule has 2 aliphatic rings. The number of nitrogens with zero attached hydrogens (tertiary/aromatic N) is 4. The van der Waals surface area contributed by atoms with Crippen molar-refractivity contribution < 1.29 is 9.32 Å². The number of para-hydroxylation sites is 1. The van der Waals surface area contributed by atoms with Crippen LogP contribution in [-0.4, -0.2) is 52.0 Å². The molecule has 29 heavy (non-hydrogen) atoms. The molecule has 5 rings (SSSR count). The summed E-state index contributed by atoms with van der Waals surface area (Å²) in [7, 11) is 0. The lowest BCUT2D eigenvalue weighted by atomic mass is 9.94. The van der Waals surface area contributed by atoms with Gasteiger partial charge in [-0.15, -0.1) is 0 Å². The van der Waals surface area contributed by atoms with Gasteiger partial charge in [-0.1, -0.05) is 23.4 Å². The van der Waals surface area contributed by atoms with Gasteiger partial charge in [0.05, 0.1) is 11.2 Å². The Labute approximate surface area is 170 Å². The highest BCUT2D eigenvalue weighted by Gasteiger charge is 2.28. The highest BCUT2D eigenvalue weighted by molar-refractivity contribution is 5.91. The second kappa shape index (κ2) is 7.95. The molecule has 1 atom stereocenters. The molecule has 3 aromatic rings. The van der Waals surface area contributed by atoms with E-state index in [4.69, 9.17) is 4.52 Å². The van der Waals surface area contributed by atoms with E-state index < -0.39 is 0 Å². The summed E-state index contributed by atoms with van der Waals surface area (Å²) >= 11 is 0. The first kappa shape index (κ1) is 18.3. The van der Waals surface area contributed by atoms with Gasteiger partial charge in [-0.3, -0.25) is 14.7 Å². The Bertz CT molecular complexity index is 1000. The number of hydrogen-bond acceptors (Lipinski definition) is 5. The summed E-state index contributed by atoms with van der Waals surface area (Å²) in [6, 6.07) is 12.3. The van der Waals surface area contributed by atoms with Crippen molar-refractivity contribution in [2.45, 2.75) is 38.1 Å². The number of rotatable bonds is 4. The summed E-state index contributed by atoms with van der Waals surface area (Å²) in [5, 5.41) is 5.48. The van der Waals surface area contributed by atoms with Gasteiger partial charge in [-0.05, 0) is 49.9 Å². The van der Waals surface area contributed by atoms with E-state index in [9.17, 15) is 4.79 Å². The van der Waals surface area contributed by atoms with Crippen molar-refractivity contribution in [3.05, 3.63) is 59.6 Å². The molecule has 4 heterocycles. The number of aromatic nitrogens is 2. The maximum Gasteiger partial charge on any atom is 0.292 e. The molecule has 0 bridgehead atoms. The zero-order chi connectivity index (χ0) is 19.6. The minimum Gasteiger partial charge on any atom is -0.351 e. The van der Waals surface area contributed by atoms with Crippen molar-refractivity contribution in [1.29, 1.82) is 0 Å². The zero-order valence-electron chi connectivity index (χ0n) is 16.6. The number of hydrogen-bond donors (Lipinski definition) is 0. The molecule has 2 aromatic heterocycles. The molecule has 0 aliphatic carbocycles. The van der Waals surface area contributed by atoms with E-state index in [0.717, 1.165) is 69.6 Å². The zero-order valence-corrected chi connectivity index (χ0v) is 16.6. The topological polar surface area (TPSA) is 62.5 Å². The molecule has 1 amide bonds. The Morgan fingerprint density at radius 1 is 1.10 bits per heavy atom. The minimum atomic E-state index is -0.0165. The van der Waals surface area contributed by atoms with Gasteiger partial charge in [0, 0.05) is 49.7 Å². The number of amides is 1. The normalized spacial score (nSPS) is 20.4. The van der Waals surface area contributed by atoms with Crippen LogP contribution in [0.5, 0.6) is 0 Å². The summed E-state index contributed by atoms with van der Waals surface area (Å²) in [6.45, 7) is 4.56. The maximum atomic E-state index is 12.5. The van der Waals surface area contributed by atoms with Crippen LogP contribution in [-0.2, 0) is 6.54 Å². The van der Waals surface area contributed by atoms with Gasteiger partial charge in [-0.25, -0.2) is 0 Å². The van der Waals surface area contributed by atoms with E-state index in [1.807, 2.05) is 23.2 Å². The van der Waals surface area contributed by atoms with Crippen LogP contribution in [0.1, 0.15) is 53.4 Å². The van der Waals surface area contributed by atoms with Gasteiger partial charge < -0.3 is 9.42 Å². The quantitative estimate of drug-likeness (QED) is 0.677. The summed E-state index contributed by atoms with van der Waals surface area (Å²) in [5.74, 6) is 0.678. The lowest BCUT2D eigenvalue weighted by Gasteiger charge is -2.32. The third kappa shape index (κ3) is 3.77. The van der Waals surface area contributed by atoms with Crippen molar-refractivity contribution in [3.8, 4) is 0 Å². The predicted octanol–water partition coefficient (Wildman–Crippen LogP) is 3.84. The average molecular weight is 390 g/mol. The first-order valence-electron chi connectivity index (χ1n) is 10.6. The number of pyridine rings is 1. The van der Waals surface area contributed by atoms with Crippen LogP contribution in [0.15, 0.2) is 47.1 Å². The molecule has 0 N–H and O–H groups in total. The summed E-state index contributed by atoms with van der Waals surface area (Å²) in [5.41, 5.74) is 3.26. The molecule has 0 spiro atoms. The monoisotopic (exact) mass is 390 g/mol. The van der Waals surface area contributed by atoms with E-state index >= 15 is 0 Å². The van der Waals surface area contributed by atoms with E-state index in [1.54, 1.807) is 0 Å². The molecule has 6 nitrogen and oxygen atoms in total. The number of piperidine rings is 1. The lowest BCUT2D eigenvalue weighted by Crippen LogP contribution is -2.34. The van der Waals surface area contributed by atoms with Gasteiger partial charge in [0.15, 0.2) is 0 Å². The first-order chi connectivity index (χ1) is 14.3. The molecule has 6 heteroatoms. The third-order valence-electron chi connectivity index (χ3n) is 6.19. The fraction of sp³-hybridized carbons (Fsp3) is 0.435. The van der Waals surface area contributed by atoms with Crippen LogP contribution in [0.4, 0.5) is 0 Å². The Hall–Kier alpha value is -2.73. The van der Waals surface area contributed by atoms with Gasteiger partial charge in [0.25, 0.3) is 5.91 Å². The van der Waals surface area contributed by atoms with Crippen LogP contribution in [0.3, 0.4) is 0 Å². The van der Waals surface area contributed by atoms with Gasteiger partial charge >= 0.3 is 0 Å². The number of fused-ring (bicyclic) bond motifs is 1. The summed E-state index contributed by atoms with van der Waals surface area (Å²) in [6.07, 6.45) is 6.25. The van der Waals surface area contributed by atoms with E-state index in [-0.39, 0.29) is 5.91 Å². The molecular formula is C23H26N4O2. The largest absolute Gasteiger partial charge is 0.351 e. The van der Waals surface area contributed by atoms with Crippen LogP contribution >= 0.6 is 0 Å². The molecule has 0 radical (unpaired) electrons. The van der Waals surface area contributed by atoms with Crippen molar-refractivity contribution in [2.75, 3.05) is 26.2 Å². The van der Waals surface area contributed by atoms with Crippen molar-refractivity contribution >= 4 is 16.8 Å². The Balaban J connectivity index is 1.29. The van der Waals surface area contributed by atoms with Crippen molar-refractivity contribution in [1.82, 2.24) is 19.9 Å². The average Bonchev–Trinajstić information content (AvgIpc) is 3.46. The van der Waals surface area contributed by atoms with Gasteiger partial charge in [0.1, 0.15) is 0 Å². The molecule has 2 fully saturated rings. The second-order valence-electron chi connectivity index (χ2n) is 8.18. The molecule has 0 unspecified atom stereocenters. The number of benzene rings is 1. The fourth-order valence-corrected chi connectivity index (χ4v) is 4.63. The van der Waals surface area contributed by atoms with Crippen LogP contribution in [0.25, 0.3) is 10.9 Å². The molecule has 2 aliphatic heterocycles. The van der Waals surface area contributed by atoms with E-state index in [1.165, 1.54) is 10.9 Å². The summed E-state index contributed by atoms with van der Waals surface area (Å²) in [4.78, 5) is 21.4. The standard InChI is InChI=1S/C23H26N4O2/c28-23(27-12-3-4-13-27)22-14-21(25-29-22)18-6-5-11-26(16-18)15-17-9-10-24-20-8-2-1-7-19(17)20/h1-2,7-10,14,18H,3-6,11-13,15-16H2/t18-/m0/s1.